The summed E-state index contributed by atoms with van der Waals surface area (Å²) in [6.45, 7) is 2.19. The first kappa shape index (κ1) is 9.30. The highest BCUT2D eigenvalue weighted by Gasteiger charge is 2.01. The average Bonchev–Trinajstić information content (AvgIpc) is 1.86. The van der Waals surface area contributed by atoms with Gasteiger partial charge in [-0.15, -0.1) is 0 Å². The van der Waals surface area contributed by atoms with Crippen molar-refractivity contribution in [2.75, 3.05) is 6.61 Å². The number of hydrogen-bond acceptors (Lipinski definition) is 3. The summed E-state index contributed by atoms with van der Waals surface area (Å²) >= 11 is 0. The second kappa shape index (κ2) is 5.11. The molecular weight excluding hydrogens is 128 g/mol. The molecule has 0 aromatic carbocycles. The molecule has 0 saturated carbocycles. The maximum atomic E-state index is 8.75. The molecule has 0 aliphatic carbocycles. The van der Waals surface area contributed by atoms with Crippen molar-refractivity contribution in [3.63, 3.8) is 0 Å². The standard InChI is InChI=1S/C7H16N2O/c1-2-3-6(5-10)4-7(8)9/h4,6,10H,2-3,5,8-9H2,1H3. The summed E-state index contributed by atoms with van der Waals surface area (Å²) in [6.07, 6.45) is 3.67. The lowest BCUT2D eigenvalue weighted by Crippen LogP contribution is -2.12. The van der Waals surface area contributed by atoms with Crippen molar-refractivity contribution >= 4 is 0 Å². The number of nitrogens with two attached hydrogens (primary N) is 2. The van der Waals surface area contributed by atoms with Gasteiger partial charge in [0.05, 0.1) is 5.82 Å². The Morgan fingerprint density at radius 2 is 2.20 bits per heavy atom. The first-order chi connectivity index (χ1) is 4.70. The van der Waals surface area contributed by atoms with E-state index in [0.29, 0.717) is 5.82 Å². The molecule has 0 aromatic rings. The Hall–Kier alpha value is -0.700. The van der Waals surface area contributed by atoms with Crippen LogP contribution >= 0.6 is 0 Å². The molecule has 0 saturated heterocycles. The lowest BCUT2D eigenvalue weighted by atomic mass is 10.1. The molecule has 0 aliphatic rings. The maximum Gasteiger partial charge on any atom is 0.0896 e. The summed E-state index contributed by atoms with van der Waals surface area (Å²) in [5.41, 5.74) is 10.5. The van der Waals surface area contributed by atoms with E-state index < -0.39 is 0 Å². The Balaban J connectivity index is 3.71. The molecule has 60 valence electrons. The summed E-state index contributed by atoms with van der Waals surface area (Å²) in [4.78, 5) is 0. The van der Waals surface area contributed by atoms with Crippen molar-refractivity contribution in [2.45, 2.75) is 19.8 Å². The van der Waals surface area contributed by atoms with Gasteiger partial charge < -0.3 is 16.6 Å². The lowest BCUT2D eigenvalue weighted by molar-refractivity contribution is 0.245. The van der Waals surface area contributed by atoms with Gasteiger partial charge in [-0.05, 0) is 12.5 Å². The predicted octanol–water partition coefficient (Wildman–Crippen LogP) is 0.154. The van der Waals surface area contributed by atoms with Crippen LogP contribution in [0.2, 0.25) is 0 Å². The zero-order valence-corrected chi connectivity index (χ0v) is 6.38. The molecule has 0 aliphatic heterocycles. The van der Waals surface area contributed by atoms with Crippen LogP contribution in [0.5, 0.6) is 0 Å². The van der Waals surface area contributed by atoms with Gasteiger partial charge in [0, 0.05) is 12.5 Å². The van der Waals surface area contributed by atoms with Gasteiger partial charge in [-0.3, -0.25) is 0 Å². The molecule has 0 heterocycles. The number of hydrogen-bond donors (Lipinski definition) is 3. The smallest absolute Gasteiger partial charge is 0.0896 e. The molecule has 1 atom stereocenters. The van der Waals surface area contributed by atoms with Crippen LogP contribution in [0.1, 0.15) is 19.8 Å². The Morgan fingerprint density at radius 1 is 1.60 bits per heavy atom. The van der Waals surface area contributed by atoms with Gasteiger partial charge >= 0.3 is 0 Å². The highest BCUT2D eigenvalue weighted by atomic mass is 16.3. The third-order valence-electron chi connectivity index (χ3n) is 1.32. The Morgan fingerprint density at radius 3 is 2.50 bits per heavy atom. The highest BCUT2D eigenvalue weighted by molar-refractivity contribution is 4.94. The Kier molecular flexibility index (Phi) is 4.76. The summed E-state index contributed by atoms with van der Waals surface area (Å²) in [7, 11) is 0. The molecular formula is C7H16N2O. The van der Waals surface area contributed by atoms with Crippen molar-refractivity contribution in [1.29, 1.82) is 0 Å². The van der Waals surface area contributed by atoms with Crippen molar-refractivity contribution in [2.24, 2.45) is 17.4 Å². The van der Waals surface area contributed by atoms with E-state index in [1.165, 1.54) is 0 Å². The van der Waals surface area contributed by atoms with Crippen LogP contribution in [-0.2, 0) is 0 Å². The summed E-state index contributed by atoms with van der Waals surface area (Å²) in [5, 5.41) is 8.75. The van der Waals surface area contributed by atoms with Gasteiger partial charge in [-0.2, -0.15) is 0 Å². The van der Waals surface area contributed by atoms with Gasteiger partial charge in [0.15, 0.2) is 0 Å². The van der Waals surface area contributed by atoms with E-state index in [4.69, 9.17) is 16.6 Å². The van der Waals surface area contributed by atoms with E-state index in [9.17, 15) is 0 Å². The molecule has 3 heteroatoms. The fraction of sp³-hybridized carbons (Fsp3) is 0.714. The van der Waals surface area contributed by atoms with Crippen molar-refractivity contribution in [1.82, 2.24) is 0 Å². The van der Waals surface area contributed by atoms with Gasteiger partial charge in [-0.25, -0.2) is 0 Å². The van der Waals surface area contributed by atoms with Gasteiger partial charge in [-0.1, -0.05) is 13.3 Å². The topological polar surface area (TPSA) is 72.3 Å². The first-order valence-corrected chi connectivity index (χ1v) is 3.54. The minimum Gasteiger partial charge on any atom is -0.396 e. The number of rotatable bonds is 4. The maximum absolute atomic E-state index is 8.75. The minimum atomic E-state index is 0.131. The van der Waals surface area contributed by atoms with Crippen molar-refractivity contribution < 1.29 is 5.11 Å². The van der Waals surface area contributed by atoms with E-state index in [2.05, 4.69) is 6.92 Å². The van der Waals surface area contributed by atoms with E-state index in [-0.39, 0.29) is 12.5 Å². The normalized spacial score (nSPS) is 12.6. The van der Waals surface area contributed by atoms with Crippen LogP contribution in [0.15, 0.2) is 11.9 Å². The third kappa shape index (κ3) is 4.21. The predicted molar refractivity (Wildman–Crippen MR) is 41.9 cm³/mol. The zero-order chi connectivity index (χ0) is 7.98. The first-order valence-electron chi connectivity index (χ1n) is 3.54. The second-order valence-electron chi connectivity index (χ2n) is 2.40. The Bertz CT molecular complexity index is 108. The zero-order valence-electron chi connectivity index (χ0n) is 6.38. The quantitative estimate of drug-likeness (QED) is 0.526. The minimum absolute atomic E-state index is 0.131. The fourth-order valence-electron chi connectivity index (χ4n) is 0.870. The molecule has 1 unspecified atom stereocenters. The van der Waals surface area contributed by atoms with E-state index in [1.54, 1.807) is 6.08 Å². The SMILES string of the molecule is CCCC(C=C(N)N)CO. The van der Waals surface area contributed by atoms with Crippen LogP contribution in [0.25, 0.3) is 0 Å². The molecule has 0 amide bonds. The van der Waals surface area contributed by atoms with Crippen LogP contribution in [0.4, 0.5) is 0 Å². The molecule has 0 rings (SSSR count). The average molecular weight is 144 g/mol. The Labute approximate surface area is 61.7 Å². The summed E-state index contributed by atoms with van der Waals surface area (Å²) < 4.78 is 0. The molecule has 0 fully saturated rings. The molecule has 5 N–H and O–H groups in total. The molecule has 3 nitrogen and oxygen atoms in total. The van der Waals surface area contributed by atoms with Gasteiger partial charge in [0.25, 0.3) is 0 Å². The van der Waals surface area contributed by atoms with Crippen LogP contribution in [-0.4, -0.2) is 11.7 Å². The molecule has 0 aromatic heterocycles. The third-order valence-corrected chi connectivity index (χ3v) is 1.32. The second-order valence-corrected chi connectivity index (χ2v) is 2.40. The van der Waals surface area contributed by atoms with Gasteiger partial charge in [0.2, 0.25) is 0 Å². The number of aliphatic hydroxyl groups excluding tert-OH is 1. The molecule has 0 bridgehead atoms. The monoisotopic (exact) mass is 144 g/mol. The van der Waals surface area contributed by atoms with Crippen molar-refractivity contribution in [3.05, 3.63) is 11.9 Å². The van der Waals surface area contributed by atoms with E-state index >= 15 is 0 Å². The summed E-state index contributed by atoms with van der Waals surface area (Å²) in [5.74, 6) is 0.433. The largest absolute Gasteiger partial charge is 0.396 e. The molecule has 0 spiro atoms. The van der Waals surface area contributed by atoms with E-state index in [0.717, 1.165) is 12.8 Å². The lowest BCUT2D eigenvalue weighted by Gasteiger charge is -2.06. The highest BCUT2D eigenvalue weighted by Crippen LogP contribution is 2.06. The van der Waals surface area contributed by atoms with Crippen LogP contribution in [0, 0.1) is 5.92 Å². The molecule has 0 radical (unpaired) electrons. The van der Waals surface area contributed by atoms with Gasteiger partial charge in [0.1, 0.15) is 0 Å². The van der Waals surface area contributed by atoms with E-state index in [1.807, 2.05) is 0 Å². The van der Waals surface area contributed by atoms with Crippen LogP contribution < -0.4 is 11.5 Å². The van der Waals surface area contributed by atoms with Crippen LogP contribution in [0.3, 0.4) is 0 Å². The fourth-order valence-corrected chi connectivity index (χ4v) is 0.870. The summed E-state index contributed by atoms with van der Waals surface area (Å²) in [6, 6.07) is 0. The number of aliphatic hydroxyl groups is 1. The van der Waals surface area contributed by atoms with Crippen molar-refractivity contribution in [3.8, 4) is 0 Å². The molecule has 10 heavy (non-hydrogen) atoms.